The molecule has 1 aromatic rings. The Balaban J connectivity index is 2.17. The SMILES string of the molecule is CCCNc1ncnc(N2CCCC(C(N)=O)C2)c1C. The topological polar surface area (TPSA) is 84.1 Å². The van der Waals surface area contributed by atoms with Gasteiger partial charge in [-0.15, -0.1) is 0 Å². The second kappa shape index (κ2) is 6.54. The Morgan fingerprint density at radius 1 is 1.55 bits per heavy atom. The zero-order valence-electron chi connectivity index (χ0n) is 12.2. The molecule has 1 aromatic heterocycles. The highest BCUT2D eigenvalue weighted by Crippen LogP contribution is 2.26. The molecular weight excluding hydrogens is 254 g/mol. The Hall–Kier alpha value is -1.85. The van der Waals surface area contributed by atoms with E-state index in [4.69, 9.17) is 5.73 Å². The number of nitrogens with one attached hydrogen (secondary N) is 1. The maximum absolute atomic E-state index is 11.4. The standard InChI is InChI=1S/C14H23N5O/c1-3-6-16-13-10(2)14(18-9-17-13)19-7-4-5-11(8-19)12(15)20/h9,11H,3-8H2,1-2H3,(H2,15,20)(H,16,17,18). The molecule has 1 atom stereocenters. The maximum atomic E-state index is 11.4. The van der Waals surface area contributed by atoms with Crippen molar-refractivity contribution in [2.75, 3.05) is 29.9 Å². The van der Waals surface area contributed by atoms with E-state index in [0.29, 0.717) is 6.54 Å². The first-order chi connectivity index (χ1) is 9.63. The molecule has 3 N–H and O–H groups in total. The summed E-state index contributed by atoms with van der Waals surface area (Å²) < 4.78 is 0. The van der Waals surface area contributed by atoms with Crippen molar-refractivity contribution in [3.05, 3.63) is 11.9 Å². The number of amides is 1. The first-order valence-corrected chi connectivity index (χ1v) is 7.23. The first-order valence-electron chi connectivity index (χ1n) is 7.23. The summed E-state index contributed by atoms with van der Waals surface area (Å²) in [4.78, 5) is 22.2. The lowest BCUT2D eigenvalue weighted by molar-refractivity contribution is -0.122. The van der Waals surface area contributed by atoms with Crippen LogP contribution in [0.1, 0.15) is 31.7 Å². The lowest BCUT2D eigenvalue weighted by atomic mass is 9.97. The number of carbonyl (C=O) groups excluding carboxylic acids is 1. The minimum absolute atomic E-state index is 0.0785. The van der Waals surface area contributed by atoms with Crippen LogP contribution in [-0.2, 0) is 4.79 Å². The molecule has 1 amide bonds. The third-order valence-electron chi connectivity index (χ3n) is 3.72. The van der Waals surface area contributed by atoms with Crippen LogP contribution in [0.2, 0.25) is 0 Å². The van der Waals surface area contributed by atoms with E-state index in [-0.39, 0.29) is 11.8 Å². The van der Waals surface area contributed by atoms with E-state index in [2.05, 4.69) is 27.1 Å². The van der Waals surface area contributed by atoms with Gasteiger partial charge in [0.15, 0.2) is 0 Å². The molecule has 6 heteroatoms. The van der Waals surface area contributed by atoms with E-state index < -0.39 is 0 Å². The molecule has 0 spiro atoms. The van der Waals surface area contributed by atoms with Crippen molar-refractivity contribution in [3.8, 4) is 0 Å². The van der Waals surface area contributed by atoms with Crippen LogP contribution in [0.3, 0.4) is 0 Å². The van der Waals surface area contributed by atoms with Gasteiger partial charge in [-0.2, -0.15) is 0 Å². The summed E-state index contributed by atoms with van der Waals surface area (Å²) in [6.07, 6.45) is 4.46. The molecule has 1 unspecified atom stereocenters. The number of hydrogen-bond acceptors (Lipinski definition) is 5. The van der Waals surface area contributed by atoms with E-state index in [1.807, 2.05) is 6.92 Å². The van der Waals surface area contributed by atoms with Gasteiger partial charge in [-0.1, -0.05) is 6.92 Å². The molecule has 0 radical (unpaired) electrons. The predicted molar refractivity (Wildman–Crippen MR) is 79.7 cm³/mol. The van der Waals surface area contributed by atoms with Crippen LogP contribution in [0.5, 0.6) is 0 Å². The Morgan fingerprint density at radius 2 is 2.35 bits per heavy atom. The van der Waals surface area contributed by atoms with E-state index >= 15 is 0 Å². The zero-order valence-corrected chi connectivity index (χ0v) is 12.2. The molecule has 0 bridgehead atoms. The normalized spacial score (nSPS) is 18.9. The molecule has 110 valence electrons. The molecule has 0 saturated carbocycles. The van der Waals surface area contributed by atoms with Crippen molar-refractivity contribution in [1.82, 2.24) is 9.97 Å². The fraction of sp³-hybridized carbons (Fsp3) is 0.643. The Labute approximate surface area is 119 Å². The van der Waals surface area contributed by atoms with E-state index in [0.717, 1.165) is 49.6 Å². The number of hydrogen-bond donors (Lipinski definition) is 2. The van der Waals surface area contributed by atoms with Crippen LogP contribution in [0.25, 0.3) is 0 Å². The Kier molecular flexibility index (Phi) is 4.76. The largest absolute Gasteiger partial charge is 0.370 e. The van der Waals surface area contributed by atoms with Crippen molar-refractivity contribution >= 4 is 17.5 Å². The molecule has 1 saturated heterocycles. The third-order valence-corrected chi connectivity index (χ3v) is 3.72. The van der Waals surface area contributed by atoms with Gasteiger partial charge in [0, 0.05) is 25.2 Å². The average molecular weight is 277 g/mol. The van der Waals surface area contributed by atoms with E-state index in [1.54, 1.807) is 6.33 Å². The molecule has 2 heterocycles. The highest BCUT2D eigenvalue weighted by molar-refractivity contribution is 5.77. The van der Waals surface area contributed by atoms with Gasteiger partial charge in [0.2, 0.25) is 5.91 Å². The number of aromatic nitrogens is 2. The van der Waals surface area contributed by atoms with Crippen molar-refractivity contribution < 1.29 is 4.79 Å². The molecule has 0 aliphatic carbocycles. The summed E-state index contributed by atoms with van der Waals surface area (Å²) in [6, 6.07) is 0. The second-order valence-corrected chi connectivity index (χ2v) is 5.29. The molecule has 6 nitrogen and oxygen atoms in total. The number of primary amides is 1. The molecule has 0 aromatic carbocycles. The van der Waals surface area contributed by atoms with Gasteiger partial charge in [-0.05, 0) is 26.2 Å². The van der Waals surface area contributed by atoms with Crippen molar-refractivity contribution in [1.29, 1.82) is 0 Å². The van der Waals surface area contributed by atoms with Crippen LogP contribution in [0.15, 0.2) is 6.33 Å². The first kappa shape index (κ1) is 14.6. The van der Waals surface area contributed by atoms with Crippen molar-refractivity contribution in [2.24, 2.45) is 11.7 Å². The maximum Gasteiger partial charge on any atom is 0.222 e. The lowest BCUT2D eigenvalue weighted by Crippen LogP contribution is -2.41. The molecule has 1 fully saturated rings. The molecular formula is C14H23N5O. The van der Waals surface area contributed by atoms with Gasteiger partial charge in [0.1, 0.15) is 18.0 Å². The number of piperidine rings is 1. The zero-order chi connectivity index (χ0) is 14.5. The third kappa shape index (κ3) is 3.18. The summed E-state index contributed by atoms with van der Waals surface area (Å²) in [6.45, 7) is 6.59. The van der Waals surface area contributed by atoms with E-state index in [1.165, 1.54) is 0 Å². The fourth-order valence-electron chi connectivity index (χ4n) is 2.58. The number of carbonyl (C=O) groups is 1. The van der Waals surface area contributed by atoms with Gasteiger partial charge in [-0.3, -0.25) is 4.79 Å². The van der Waals surface area contributed by atoms with Crippen molar-refractivity contribution in [2.45, 2.75) is 33.1 Å². The minimum atomic E-state index is -0.217. The van der Waals surface area contributed by atoms with Crippen molar-refractivity contribution in [3.63, 3.8) is 0 Å². The summed E-state index contributed by atoms with van der Waals surface area (Å²) in [7, 11) is 0. The Bertz CT molecular complexity index is 477. The predicted octanol–water partition coefficient (Wildman–Crippen LogP) is 1.31. The monoisotopic (exact) mass is 277 g/mol. The highest BCUT2D eigenvalue weighted by Gasteiger charge is 2.26. The van der Waals surface area contributed by atoms with Gasteiger partial charge >= 0.3 is 0 Å². The van der Waals surface area contributed by atoms with Crippen LogP contribution in [0.4, 0.5) is 11.6 Å². The van der Waals surface area contributed by atoms with Crippen LogP contribution in [0, 0.1) is 12.8 Å². The van der Waals surface area contributed by atoms with Crippen LogP contribution >= 0.6 is 0 Å². The van der Waals surface area contributed by atoms with Crippen LogP contribution in [-0.4, -0.2) is 35.5 Å². The van der Waals surface area contributed by atoms with Gasteiger partial charge < -0.3 is 16.0 Å². The fourth-order valence-corrected chi connectivity index (χ4v) is 2.58. The lowest BCUT2D eigenvalue weighted by Gasteiger charge is -2.33. The summed E-state index contributed by atoms with van der Waals surface area (Å²) in [5.74, 6) is 1.48. The summed E-state index contributed by atoms with van der Waals surface area (Å²) >= 11 is 0. The minimum Gasteiger partial charge on any atom is -0.370 e. The summed E-state index contributed by atoms with van der Waals surface area (Å²) in [5, 5.41) is 3.31. The molecule has 20 heavy (non-hydrogen) atoms. The van der Waals surface area contributed by atoms with Gasteiger partial charge in [-0.25, -0.2) is 9.97 Å². The average Bonchev–Trinajstić information content (AvgIpc) is 2.46. The number of nitrogens with zero attached hydrogens (tertiary/aromatic N) is 3. The molecule has 1 aliphatic heterocycles. The smallest absolute Gasteiger partial charge is 0.222 e. The van der Waals surface area contributed by atoms with Gasteiger partial charge in [0.25, 0.3) is 0 Å². The number of nitrogens with two attached hydrogens (primary N) is 1. The number of rotatable bonds is 5. The second-order valence-electron chi connectivity index (χ2n) is 5.29. The highest BCUT2D eigenvalue weighted by atomic mass is 16.1. The van der Waals surface area contributed by atoms with E-state index in [9.17, 15) is 4.79 Å². The van der Waals surface area contributed by atoms with Gasteiger partial charge in [0.05, 0.1) is 5.92 Å². The molecule has 1 aliphatic rings. The number of anilines is 2. The molecule has 2 rings (SSSR count). The quantitative estimate of drug-likeness (QED) is 0.847. The Morgan fingerprint density at radius 3 is 3.05 bits per heavy atom. The summed E-state index contributed by atoms with van der Waals surface area (Å²) in [5.41, 5.74) is 6.46. The van der Waals surface area contributed by atoms with Crippen LogP contribution < -0.4 is 16.0 Å².